The molecule has 0 heterocycles. The van der Waals surface area contributed by atoms with Gasteiger partial charge in [-0.3, -0.25) is 19.7 Å². The van der Waals surface area contributed by atoms with E-state index in [1.165, 1.54) is 42.7 Å². The second-order valence-electron chi connectivity index (χ2n) is 6.88. The van der Waals surface area contributed by atoms with Crippen LogP contribution in [0.25, 0.3) is 0 Å². The fourth-order valence-electron chi connectivity index (χ4n) is 3.33. The van der Waals surface area contributed by atoms with Crippen LogP contribution in [0, 0.1) is 10.1 Å². The summed E-state index contributed by atoms with van der Waals surface area (Å²) in [7, 11) is 0. The molecule has 1 aliphatic rings. The Balaban J connectivity index is 1.58. The van der Waals surface area contributed by atoms with Crippen LogP contribution in [0.4, 0.5) is 11.4 Å². The highest BCUT2D eigenvalue weighted by Crippen LogP contribution is 2.24. The number of benzene rings is 2. The van der Waals surface area contributed by atoms with Crippen LogP contribution in [0.15, 0.2) is 42.5 Å². The van der Waals surface area contributed by atoms with Gasteiger partial charge in [0.1, 0.15) is 5.69 Å². The molecule has 0 unspecified atom stereocenters. The Kier molecular flexibility index (Phi) is 6.03. The van der Waals surface area contributed by atoms with Gasteiger partial charge in [0.15, 0.2) is 6.10 Å². The van der Waals surface area contributed by atoms with E-state index in [0.717, 1.165) is 24.8 Å². The molecule has 2 aromatic carbocycles. The number of nitro benzene ring substituents is 1. The van der Waals surface area contributed by atoms with Gasteiger partial charge >= 0.3 is 5.97 Å². The topological polar surface area (TPSA) is 98.5 Å². The summed E-state index contributed by atoms with van der Waals surface area (Å²) in [6.45, 7) is 1.44. The number of nitrogens with one attached hydrogen (secondary N) is 1. The maximum Gasteiger partial charge on any atom is 0.311 e. The fourth-order valence-corrected chi connectivity index (χ4v) is 3.33. The molecule has 0 aliphatic heterocycles. The normalized spacial score (nSPS) is 13.9. The molecule has 0 saturated heterocycles. The number of aryl methyl sites for hydroxylation is 2. The summed E-state index contributed by atoms with van der Waals surface area (Å²) in [6, 6.07) is 11.8. The molecule has 1 aliphatic carbocycles. The minimum atomic E-state index is -1.06. The molecular formula is C21H22N2O5. The van der Waals surface area contributed by atoms with Gasteiger partial charge in [0.25, 0.3) is 11.6 Å². The van der Waals surface area contributed by atoms with Crippen LogP contribution >= 0.6 is 0 Å². The lowest BCUT2D eigenvalue weighted by molar-refractivity contribution is -0.383. The summed E-state index contributed by atoms with van der Waals surface area (Å²) in [5, 5.41) is 13.5. The van der Waals surface area contributed by atoms with Crippen molar-refractivity contribution in [1.29, 1.82) is 0 Å². The second-order valence-corrected chi connectivity index (χ2v) is 6.88. The fraction of sp³-hybridized carbons (Fsp3) is 0.333. The Labute approximate surface area is 162 Å². The summed E-state index contributed by atoms with van der Waals surface area (Å²) in [5.74, 6) is -1.13. The van der Waals surface area contributed by atoms with E-state index in [4.69, 9.17) is 4.74 Å². The number of amides is 1. The molecule has 7 heteroatoms. The number of rotatable bonds is 6. The Morgan fingerprint density at radius 3 is 2.61 bits per heavy atom. The lowest BCUT2D eigenvalue weighted by Gasteiger charge is -2.17. The van der Waals surface area contributed by atoms with E-state index in [-0.39, 0.29) is 17.8 Å². The molecule has 0 radical (unpaired) electrons. The van der Waals surface area contributed by atoms with Gasteiger partial charge in [-0.1, -0.05) is 30.3 Å². The third-order valence-electron chi connectivity index (χ3n) is 4.80. The van der Waals surface area contributed by atoms with Gasteiger partial charge < -0.3 is 10.1 Å². The standard InChI is InChI=1S/C21H22N2O5/c1-14(21(25)22-18-8-4-5-9-19(18)23(26)27)28-20(24)13-15-10-11-16-6-2-3-7-17(16)12-15/h4-5,8-12,14H,2-3,6-7,13H2,1H3,(H,22,25)/t14-/m0/s1. The number of hydrogen-bond acceptors (Lipinski definition) is 5. The van der Waals surface area contributed by atoms with Crippen LogP contribution in [-0.2, 0) is 33.6 Å². The highest BCUT2D eigenvalue weighted by Gasteiger charge is 2.22. The number of carbonyl (C=O) groups excluding carboxylic acids is 2. The third-order valence-corrected chi connectivity index (χ3v) is 4.80. The Morgan fingerprint density at radius 1 is 1.14 bits per heavy atom. The van der Waals surface area contributed by atoms with Crippen LogP contribution < -0.4 is 5.32 Å². The summed E-state index contributed by atoms with van der Waals surface area (Å²) < 4.78 is 5.21. The first-order valence-electron chi connectivity index (χ1n) is 9.28. The SMILES string of the molecule is C[C@H](OC(=O)Cc1ccc2c(c1)CCCC2)C(=O)Nc1ccccc1[N+](=O)[O-]. The van der Waals surface area contributed by atoms with Crippen LogP contribution in [0.2, 0.25) is 0 Å². The van der Waals surface area contributed by atoms with Crippen molar-refractivity contribution in [3.8, 4) is 0 Å². The predicted octanol–water partition coefficient (Wildman–Crippen LogP) is 3.59. The first-order chi connectivity index (χ1) is 13.4. The van der Waals surface area contributed by atoms with E-state index in [2.05, 4.69) is 11.4 Å². The van der Waals surface area contributed by atoms with Crippen molar-refractivity contribution in [2.45, 2.75) is 45.1 Å². The van der Waals surface area contributed by atoms with Gasteiger partial charge in [0.2, 0.25) is 0 Å². The lowest BCUT2D eigenvalue weighted by Crippen LogP contribution is -2.30. The number of para-hydroxylation sites is 2. The van der Waals surface area contributed by atoms with Crippen molar-refractivity contribution in [3.05, 3.63) is 69.3 Å². The first kappa shape index (κ1) is 19.5. The maximum absolute atomic E-state index is 12.3. The molecule has 0 aromatic heterocycles. The molecule has 3 rings (SSSR count). The number of fused-ring (bicyclic) bond motifs is 1. The van der Waals surface area contributed by atoms with E-state index >= 15 is 0 Å². The molecule has 146 valence electrons. The smallest absolute Gasteiger partial charge is 0.311 e. The van der Waals surface area contributed by atoms with E-state index in [1.54, 1.807) is 6.07 Å². The zero-order valence-corrected chi connectivity index (χ0v) is 15.6. The van der Waals surface area contributed by atoms with Crippen LogP contribution in [0.5, 0.6) is 0 Å². The highest BCUT2D eigenvalue weighted by molar-refractivity contribution is 5.96. The van der Waals surface area contributed by atoms with Crippen molar-refractivity contribution in [1.82, 2.24) is 0 Å². The molecular weight excluding hydrogens is 360 g/mol. The molecule has 7 nitrogen and oxygen atoms in total. The monoisotopic (exact) mass is 382 g/mol. The largest absolute Gasteiger partial charge is 0.452 e. The van der Waals surface area contributed by atoms with Gasteiger partial charge in [-0.15, -0.1) is 0 Å². The number of nitro groups is 1. The second kappa shape index (κ2) is 8.65. The summed E-state index contributed by atoms with van der Waals surface area (Å²) >= 11 is 0. The zero-order chi connectivity index (χ0) is 20.1. The van der Waals surface area contributed by atoms with Crippen molar-refractivity contribution >= 4 is 23.3 Å². The predicted molar refractivity (Wildman–Crippen MR) is 104 cm³/mol. The molecule has 28 heavy (non-hydrogen) atoms. The number of carbonyl (C=O) groups is 2. The molecule has 0 fully saturated rings. The summed E-state index contributed by atoms with van der Waals surface area (Å²) in [4.78, 5) is 34.9. The number of anilines is 1. The Bertz CT molecular complexity index is 909. The van der Waals surface area contributed by atoms with Crippen molar-refractivity contribution in [2.75, 3.05) is 5.32 Å². The molecule has 1 atom stereocenters. The van der Waals surface area contributed by atoms with E-state index in [1.807, 2.05) is 12.1 Å². The van der Waals surface area contributed by atoms with Crippen LogP contribution in [-0.4, -0.2) is 22.9 Å². The number of esters is 1. The van der Waals surface area contributed by atoms with Crippen molar-refractivity contribution in [3.63, 3.8) is 0 Å². The van der Waals surface area contributed by atoms with Gasteiger partial charge in [0, 0.05) is 6.07 Å². The van der Waals surface area contributed by atoms with Crippen molar-refractivity contribution in [2.24, 2.45) is 0 Å². The zero-order valence-electron chi connectivity index (χ0n) is 15.6. The minimum Gasteiger partial charge on any atom is -0.452 e. The molecule has 2 aromatic rings. The van der Waals surface area contributed by atoms with E-state index in [9.17, 15) is 19.7 Å². The van der Waals surface area contributed by atoms with Crippen LogP contribution in [0.3, 0.4) is 0 Å². The highest BCUT2D eigenvalue weighted by atomic mass is 16.6. The third kappa shape index (κ3) is 4.73. The Hall–Kier alpha value is -3.22. The quantitative estimate of drug-likeness (QED) is 0.468. The van der Waals surface area contributed by atoms with E-state index in [0.29, 0.717) is 0 Å². The minimum absolute atomic E-state index is 0.0649. The molecule has 1 N–H and O–H groups in total. The van der Waals surface area contributed by atoms with E-state index < -0.39 is 22.9 Å². The number of ether oxygens (including phenoxy) is 1. The summed E-state index contributed by atoms with van der Waals surface area (Å²) in [5.41, 5.74) is 3.31. The maximum atomic E-state index is 12.3. The van der Waals surface area contributed by atoms with Gasteiger partial charge in [0.05, 0.1) is 11.3 Å². The van der Waals surface area contributed by atoms with Crippen molar-refractivity contribution < 1.29 is 19.2 Å². The molecule has 0 spiro atoms. The summed E-state index contributed by atoms with van der Waals surface area (Å²) in [6.07, 6.45) is 3.46. The lowest BCUT2D eigenvalue weighted by atomic mass is 9.90. The average Bonchev–Trinajstić information content (AvgIpc) is 2.68. The number of hydrogen-bond donors (Lipinski definition) is 1. The van der Waals surface area contributed by atoms with Gasteiger partial charge in [-0.25, -0.2) is 0 Å². The van der Waals surface area contributed by atoms with Gasteiger partial charge in [-0.2, -0.15) is 0 Å². The molecule has 0 saturated carbocycles. The first-order valence-corrected chi connectivity index (χ1v) is 9.28. The van der Waals surface area contributed by atoms with Gasteiger partial charge in [-0.05, 0) is 55.4 Å². The average molecular weight is 382 g/mol. The molecule has 0 bridgehead atoms. The molecule has 1 amide bonds. The van der Waals surface area contributed by atoms with Crippen LogP contribution in [0.1, 0.15) is 36.5 Å². The number of nitrogens with zero attached hydrogens (tertiary/aromatic N) is 1. The Morgan fingerprint density at radius 2 is 1.86 bits per heavy atom.